The maximum atomic E-state index is 11.6. The SMILES string of the molecule is O=C(O)CCNC(=O)N1CC(c2ccc(Cl)cc2)C1. The Balaban J connectivity index is 1.75. The van der Waals surface area contributed by atoms with E-state index in [-0.39, 0.29) is 19.0 Å². The number of nitrogens with one attached hydrogen (secondary N) is 1. The molecule has 1 heterocycles. The molecular weight excluding hydrogens is 268 g/mol. The molecule has 0 saturated carbocycles. The molecule has 1 fully saturated rings. The van der Waals surface area contributed by atoms with Crippen LogP contribution >= 0.6 is 11.6 Å². The van der Waals surface area contributed by atoms with Gasteiger partial charge in [0.05, 0.1) is 6.42 Å². The molecule has 5 nitrogen and oxygen atoms in total. The van der Waals surface area contributed by atoms with Crippen molar-refractivity contribution >= 4 is 23.6 Å². The number of benzene rings is 1. The van der Waals surface area contributed by atoms with E-state index in [1.54, 1.807) is 4.90 Å². The van der Waals surface area contributed by atoms with Crippen molar-refractivity contribution in [3.63, 3.8) is 0 Å². The van der Waals surface area contributed by atoms with E-state index < -0.39 is 5.97 Å². The zero-order valence-electron chi connectivity index (χ0n) is 10.3. The largest absolute Gasteiger partial charge is 0.481 e. The first-order valence-corrected chi connectivity index (χ1v) is 6.44. The number of likely N-dealkylation sites (tertiary alicyclic amines) is 1. The number of hydrogen-bond donors (Lipinski definition) is 2. The van der Waals surface area contributed by atoms with Crippen LogP contribution in [0.1, 0.15) is 17.9 Å². The lowest BCUT2D eigenvalue weighted by Gasteiger charge is -2.39. The smallest absolute Gasteiger partial charge is 0.317 e. The van der Waals surface area contributed by atoms with Crippen LogP contribution in [-0.4, -0.2) is 41.6 Å². The van der Waals surface area contributed by atoms with Crippen molar-refractivity contribution in [3.05, 3.63) is 34.9 Å². The van der Waals surface area contributed by atoms with E-state index in [9.17, 15) is 9.59 Å². The summed E-state index contributed by atoms with van der Waals surface area (Å²) in [5.41, 5.74) is 1.17. The van der Waals surface area contributed by atoms with Gasteiger partial charge < -0.3 is 15.3 Å². The van der Waals surface area contributed by atoms with Gasteiger partial charge in [0, 0.05) is 30.6 Å². The van der Waals surface area contributed by atoms with E-state index >= 15 is 0 Å². The predicted molar refractivity (Wildman–Crippen MR) is 71.4 cm³/mol. The molecule has 2 amide bonds. The molecule has 1 saturated heterocycles. The lowest BCUT2D eigenvalue weighted by Crippen LogP contribution is -2.52. The third-order valence-electron chi connectivity index (χ3n) is 3.13. The molecule has 1 aliphatic heterocycles. The average Bonchev–Trinajstić information content (AvgIpc) is 2.29. The second-order valence-electron chi connectivity index (χ2n) is 4.53. The fourth-order valence-electron chi connectivity index (χ4n) is 1.98. The summed E-state index contributed by atoms with van der Waals surface area (Å²) in [6.07, 6.45) is -0.0554. The van der Waals surface area contributed by atoms with Crippen molar-refractivity contribution in [1.82, 2.24) is 10.2 Å². The number of aliphatic carboxylic acids is 1. The second-order valence-corrected chi connectivity index (χ2v) is 4.97. The first kappa shape index (κ1) is 13.7. The van der Waals surface area contributed by atoms with Gasteiger partial charge in [-0.1, -0.05) is 23.7 Å². The summed E-state index contributed by atoms with van der Waals surface area (Å²) in [4.78, 5) is 23.6. The number of carboxylic acids is 1. The molecule has 0 radical (unpaired) electrons. The van der Waals surface area contributed by atoms with Gasteiger partial charge in [-0.25, -0.2) is 4.79 Å². The Bertz CT molecular complexity index is 469. The molecule has 102 valence electrons. The van der Waals surface area contributed by atoms with Crippen molar-refractivity contribution in [2.45, 2.75) is 12.3 Å². The number of rotatable bonds is 4. The molecule has 0 unspecified atom stereocenters. The number of amides is 2. The average molecular weight is 283 g/mol. The summed E-state index contributed by atoms with van der Waals surface area (Å²) in [5, 5.41) is 11.8. The van der Waals surface area contributed by atoms with Crippen molar-refractivity contribution in [2.75, 3.05) is 19.6 Å². The number of urea groups is 1. The predicted octanol–water partition coefficient (Wildman–Crippen LogP) is 1.92. The van der Waals surface area contributed by atoms with Crippen LogP contribution in [0.15, 0.2) is 24.3 Å². The Hall–Kier alpha value is -1.75. The Morgan fingerprint density at radius 3 is 2.53 bits per heavy atom. The van der Waals surface area contributed by atoms with Gasteiger partial charge in [-0.15, -0.1) is 0 Å². The van der Waals surface area contributed by atoms with Gasteiger partial charge in [-0.05, 0) is 17.7 Å². The number of hydrogen-bond acceptors (Lipinski definition) is 2. The number of halogens is 1. The van der Waals surface area contributed by atoms with E-state index in [2.05, 4.69) is 5.32 Å². The van der Waals surface area contributed by atoms with Crippen LogP contribution in [-0.2, 0) is 4.79 Å². The maximum absolute atomic E-state index is 11.6. The number of nitrogens with zero attached hydrogens (tertiary/aromatic N) is 1. The first-order chi connectivity index (χ1) is 9.06. The first-order valence-electron chi connectivity index (χ1n) is 6.06. The Labute approximate surface area is 116 Å². The molecule has 0 aliphatic carbocycles. The number of carbonyl (C=O) groups excluding carboxylic acids is 1. The van der Waals surface area contributed by atoms with Gasteiger partial charge in [0.15, 0.2) is 0 Å². The molecule has 1 aromatic carbocycles. The molecule has 19 heavy (non-hydrogen) atoms. The Kier molecular flexibility index (Phi) is 4.27. The highest BCUT2D eigenvalue weighted by atomic mass is 35.5. The van der Waals surface area contributed by atoms with Crippen molar-refractivity contribution in [3.8, 4) is 0 Å². The molecule has 0 aromatic heterocycles. The fourth-order valence-corrected chi connectivity index (χ4v) is 2.10. The Morgan fingerprint density at radius 2 is 1.95 bits per heavy atom. The monoisotopic (exact) mass is 282 g/mol. The zero-order chi connectivity index (χ0) is 13.8. The topological polar surface area (TPSA) is 69.6 Å². The zero-order valence-corrected chi connectivity index (χ0v) is 11.1. The second kappa shape index (κ2) is 5.93. The minimum atomic E-state index is -0.914. The summed E-state index contributed by atoms with van der Waals surface area (Å²) >= 11 is 5.82. The molecular formula is C13H15ClN2O3. The van der Waals surface area contributed by atoms with Gasteiger partial charge in [-0.3, -0.25) is 4.79 Å². The van der Waals surface area contributed by atoms with Crippen LogP contribution in [0.2, 0.25) is 5.02 Å². The highest BCUT2D eigenvalue weighted by Crippen LogP contribution is 2.27. The molecule has 2 rings (SSSR count). The summed E-state index contributed by atoms with van der Waals surface area (Å²) in [6, 6.07) is 7.41. The van der Waals surface area contributed by atoms with Gasteiger partial charge in [0.2, 0.25) is 0 Å². The Morgan fingerprint density at radius 1 is 1.32 bits per heavy atom. The maximum Gasteiger partial charge on any atom is 0.317 e. The number of carbonyl (C=O) groups is 2. The standard InChI is InChI=1S/C13H15ClN2O3/c14-11-3-1-9(2-4-11)10-7-16(8-10)13(19)15-6-5-12(17)18/h1-4,10H,5-8H2,(H,15,19)(H,17,18). The quantitative estimate of drug-likeness (QED) is 0.886. The van der Waals surface area contributed by atoms with E-state index in [4.69, 9.17) is 16.7 Å². The normalized spacial score (nSPS) is 14.9. The fraction of sp³-hybridized carbons (Fsp3) is 0.385. The van der Waals surface area contributed by atoms with Gasteiger partial charge in [-0.2, -0.15) is 0 Å². The van der Waals surface area contributed by atoms with E-state index in [0.717, 1.165) is 0 Å². The van der Waals surface area contributed by atoms with Crippen molar-refractivity contribution in [1.29, 1.82) is 0 Å². The molecule has 1 aromatic rings. The van der Waals surface area contributed by atoms with E-state index in [0.29, 0.717) is 24.0 Å². The molecule has 6 heteroatoms. The molecule has 0 atom stereocenters. The van der Waals surface area contributed by atoms with Crippen LogP contribution < -0.4 is 5.32 Å². The third kappa shape index (κ3) is 3.61. The lowest BCUT2D eigenvalue weighted by molar-refractivity contribution is -0.136. The molecule has 2 N–H and O–H groups in total. The summed E-state index contributed by atoms with van der Waals surface area (Å²) in [7, 11) is 0. The van der Waals surface area contributed by atoms with Gasteiger partial charge in [0.25, 0.3) is 0 Å². The van der Waals surface area contributed by atoms with Crippen LogP contribution in [0.4, 0.5) is 4.79 Å². The van der Waals surface area contributed by atoms with E-state index in [1.165, 1.54) is 5.56 Å². The molecule has 0 bridgehead atoms. The minimum Gasteiger partial charge on any atom is -0.481 e. The molecule has 1 aliphatic rings. The van der Waals surface area contributed by atoms with Crippen LogP contribution in [0.3, 0.4) is 0 Å². The molecule has 0 spiro atoms. The highest BCUT2D eigenvalue weighted by molar-refractivity contribution is 6.30. The third-order valence-corrected chi connectivity index (χ3v) is 3.38. The van der Waals surface area contributed by atoms with Gasteiger partial charge in [0.1, 0.15) is 0 Å². The summed E-state index contributed by atoms with van der Waals surface area (Å²) in [6.45, 7) is 1.47. The van der Waals surface area contributed by atoms with Crippen molar-refractivity contribution < 1.29 is 14.7 Å². The van der Waals surface area contributed by atoms with E-state index in [1.807, 2.05) is 24.3 Å². The highest BCUT2D eigenvalue weighted by Gasteiger charge is 2.31. The summed E-state index contributed by atoms with van der Waals surface area (Å²) in [5.74, 6) is -0.578. The number of carboxylic acid groups (broad SMARTS) is 1. The van der Waals surface area contributed by atoms with Crippen LogP contribution in [0, 0.1) is 0 Å². The van der Waals surface area contributed by atoms with Crippen LogP contribution in [0.25, 0.3) is 0 Å². The minimum absolute atomic E-state index is 0.0554. The summed E-state index contributed by atoms with van der Waals surface area (Å²) < 4.78 is 0. The van der Waals surface area contributed by atoms with Crippen LogP contribution in [0.5, 0.6) is 0 Å². The van der Waals surface area contributed by atoms with Gasteiger partial charge >= 0.3 is 12.0 Å². The lowest BCUT2D eigenvalue weighted by atomic mass is 9.92. The van der Waals surface area contributed by atoms with Crippen molar-refractivity contribution in [2.24, 2.45) is 0 Å².